The first-order valence-corrected chi connectivity index (χ1v) is 20.2. The molecule has 0 saturated carbocycles. The average Bonchev–Trinajstić information content (AvgIpc) is 3.59. The molecule has 3 aliphatic rings. The summed E-state index contributed by atoms with van der Waals surface area (Å²) in [6.45, 7) is 7.77. The van der Waals surface area contributed by atoms with Gasteiger partial charge in [-0.05, 0) is 91.2 Å². The summed E-state index contributed by atoms with van der Waals surface area (Å²) in [4.78, 5) is 19.4. The van der Waals surface area contributed by atoms with Crippen molar-refractivity contribution in [1.29, 1.82) is 5.41 Å². The molecule has 4 aromatic rings. The van der Waals surface area contributed by atoms with Crippen molar-refractivity contribution in [2.24, 2.45) is 4.99 Å². The first-order chi connectivity index (χ1) is 27.8. The number of methoxy groups -OCH3 is 1. The van der Waals surface area contributed by atoms with Gasteiger partial charge in [-0.25, -0.2) is 19.4 Å². The van der Waals surface area contributed by atoms with Crippen molar-refractivity contribution in [3.8, 4) is 28.6 Å². The summed E-state index contributed by atoms with van der Waals surface area (Å²) in [5.74, 6) is 2.74. The molecule has 57 heavy (non-hydrogen) atoms. The SMILES string of the molecule is COc1ccc(-c2nccc(COc3ccccc3C/C=C3/C(=NC=N)SC(C4=CCC(F)C=C4)=C3c3ccc(OCCN4CCN(C)CC4)c(Cl)c3C)n2)cc1. The van der Waals surface area contributed by atoms with Crippen LogP contribution in [0.5, 0.6) is 17.2 Å². The molecule has 0 amide bonds. The maximum absolute atomic E-state index is 14.3. The number of hydrogen-bond donors (Lipinski definition) is 1. The van der Waals surface area contributed by atoms with Gasteiger partial charge in [-0.3, -0.25) is 10.3 Å². The standard InChI is InChI=1S/C45H46ClFN6O3S/c1-30-37(18-19-40(42(30)46)55-27-26-53-24-22-52(2)23-25-53)41-38(45(50-29-48)57-43(41)32-8-13-34(47)14-9-32)17-12-31-6-4-5-7-39(31)56-28-35-20-21-49-44(51-35)33-10-15-36(54-3)16-11-33/h4-11,13,15-21,29,34,48H,12,14,22-28H2,1-3H3/b38-17+,48-29?,50-45?. The number of ether oxygens (including phenoxy) is 3. The van der Waals surface area contributed by atoms with E-state index in [0.29, 0.717) is 34.7 Å². The molecular formula is C45H46ClFN6O3S. The van der Waals surface area contributed by atoms with Crippen molar-refractivity contribution < 1.29 is 18.6 Å². The van der Waals surface area contributed by atoms with Crippen LogP contribution in [0.15, 0.2) is 118 Å². The van der Waals surface area contributed by atoms with E-state index in [9.17, 15) is 4.39 Å². The number of nitrogens with zero attached hydrogens (tertiary/aromatic N) is 5. The second kappa shape index (κ2) is 18.9. The van der Waals surface area contributed by atoms with Crippen LogP contribution in [-0.2, 0) is 13.0 Å². The van der Waals surface area contributed by atoms with Crippen LogP contribution in [0.2, 0.25) is 5.02 Å². The molecule has 2 aliphatic heterocycles. The molecule has 1 atom stereocenters. The third-order valence-corrected chi connectivity index (χ3v) is 11.9. The second-order valence-corrected chi connectivity index (χ2v) is 15.4. The van der Waals surface area contributed by atoms with Crippen molar-refractivity contribution in [1.82, 2.24) is 19.8 Å². The Kier molecular flexibility index (Phi) is 13.3. The summed E-state index contributed by atoms with van der Waals surface area (Å²) in [7, 11) is 3.79. The predicted molar refractivity (Wildman–Crippen MR) is 230 cm³/mol. The van der Waals surface area contributed by atoms with Crippen molar-refractivity contribution >= 4 is 40.3 Å². The van der Waals surface area contributed by atoms with Gasteiger partial charge in [0.05, 0.1) is 17.8 Å². The number of rotatable bonds is 14. The Morgan fingerprint density at radius 1 is 1.02 bits per heavy atom. The maximum atomic E-state index is 14.3. The van der Waals surface area contributed by atoms with Gasteiger partial charge >= 0.3 is 0 Å². The number of aromatic nitrogens is 2. The zero-order valence-corrected chi connectivity index (χ0v) is 34.0. The zero-order valence-electron chi connectivity index (χ0n) is 32.4. The number of alkyl halides is 1. The third kappa shape index (κ3) is 9.73. The Bertz CT molecular complexity index is 2250. The first kappa shape index (κ1) is 40.1. The summed E-state index contributed by atoms with van der Waals surface area (Å²) < 4.78 is 32.2. The van der Waals surface area contributed by atoms with Crippen molar-refractivity contribution in [3.05, 3.63) is 141 Å². The third-order valence-electron chi connectivity index (χ3n) is 10.2. The Balaban J connectivity index is 1.16. The number of hydrogen-bond acceptors (Lipinski definition) is 9. The van der Waals surface area contributed by atoms with Gasteiger partial charge in [-0.1, -0.05) is 65.9 Å². The van der Waals surface area contributed by atoms with Crippen LogP contribution >= 0.6 is 23.4 Å². The summed E-state index contributed by atoms with van der Waals surface area (Å²) in [5, 5.41) is 9.18. The number of benzene rings is 3. The molecule has 1 N–H and O–H groups in total. The van der Waals surface area contributed by atoms with Crippen LogP contribution < -0.4 is 14.2 Å². The van der Waals surface area contributed by atoms with E-state index in [1.54, 1.807) is 19.4 Å². The highest BCUT2D eigenvalue weighted by molar-refractivity contribution is 8.18. The molecule has 1 aliphatic carbocycles. The van der Waals surface area contributed by atoms with E-state index in [4.69, 9.17) is 36.2 Å². The van der Waals surface area contributed by atoms with Crippen LogP contribution in [0.1, 0.15) is 28.8 Å². The monoisotopic (exact) mass is 804 g/mol. The number of likely N-dealkylation sites (N-methyl/N-ethyl adjacent to an activating group) is 1. The van der Waals surface area contributed by atoms with Gasteiger partial charge in [-0.15, -0.1) is 0 Å². The fourth-order valence-corrected chi connectivity index (χ4v) is 8.35. The fourth-order valence-electron chi connectivity index (χ4n) is 6.94. The van der Waals surface area contributed by atoms with Crippen LogP contribution in [0.3, 0.4) is 0 Å². The van der Waals surface area contributed by atoms with E-state index in [-0.39, 0.29) is 13.0 Å². The van der Waals surface area contributed by atoms with Gasteiger partial charge in [0.15, 0.2) is 5.82 Å². The van der Waals surface area contributed by atoms with Crippen molar-refractivity contribution in [2.45, 2.75) is 32.5 Å². The highest BCUT2D eigenvalue weighted by Crippen LogP contribution is 2.50. The Labute approximate surface area is 343 Å². The van der Waals surface area contributed by atoms with Gasteiger partial charge < -0.3 is 19.1 Å². The molecule has 1 unspecified atom stereocenters. The highest BCUT2D eigenvalue weighted by Gasteiger charge is 2.32. The molecule has 9 nitrogen and oxygen atoms in total. The lowest BCUT2D eigenvalue weighted by Gasteiger charge is -2.32. The van der Waals surface area contributed by atoms with Gasteiger partial charge in [-0.2, -0.15) is 0 Å². The van der Waals surface area contributed by atoms with Gasteiger partial charge in [0.25, 0.3) is 0 Å². The topological polar surface area (TPSA) is 96.2 Å². The minimum Gasteiger partial charge on any atom is -0.497 e. The van der Waals surface area contributed by atoms with Gasteiger partial charge in [0.2, 0.25) is 0 Å². The van der Waals surface area contributed by atoms with E-state index in [0.717, 1.165) is 100 Å². The van der Waals surface area contributed by atoms with Crippen molar-refractivity contribution in [2.75, 3.05) is 53.5 Å². The van der Waals surface area contributed by atoms with E-state index in [1.165, 1.54) is 11.8 Å². The van der Waals surface area contributed by atoms with Crippen LogP contribution in [-0.4, -0.2) is 90.8 Å². The first-order valence-electron chi connectivity index (χ1n) is 19.0. The Morgan fingerprint density at radius 2 is 1.82 bits per heavy atom. The summed E-state index contributed by atoms with van der Waals surface area (Å²) in [6.07, 6.45) is 10.1. The van der Waals surface area contributed by atoms with Crippen molar-refractivity contribution in [3.63, 3.8) is 0 Å². The van der Waals surface area contributed by atoms with E-state index < -0.39 is 6.17 Å². The lowest BCUT2D eigenvalue weighted by Crippen LogP contribution is -2.45. The van der Waals surface area contributed by atoms with Gasteiger partial charge in [0.1, 0.15) is 48.0 Å². The Hall–Kier alpha value is -5.07. The molecule has 294 valence electrons. The van der Waals surface area contributed by atoms with E-state index >= 15 is 0 Å². The molecule has 1 aromatic heterocycles. The number of thioether (sulfide) groups is 1. The molecule has 1 fully saturated rings. The second-order valence-electron chi connectivity index (χ2n) is 14.0. The molecule has 1 saturated heterocycles. The zero-order chi connectivity index (χ0) is 39.7. The highest BCUT2D eigenvalue weighted by atomic mass is 35.5. The number of aliphatic imine (C=N–C) groups is 1. The largest absolute Gasteiger partial charge is 0.497 e. The van der Waals surface area contributed by atoms with Crippen LogP contribution in [0.25, 0.3) is 17.0 Å². The quantitative estimate of drug-likeness (QED) is 0.0997. The maximum Gasteiger partial charge on any atom is 0.159 e. The molecule has 0 bridgehead atoms. The minimum atomic E-state index is -1.03. The molecule has 7 rings (SSSR count). The van der Waals surface area contributed by atoms with E-state index in [1.807, 2.05) is 85.8 Å². The molecule has 3 heterocycles. The summed E-state index contributed by atoms with van der Waals surface area (Å²) in [6, 6.07) is 21.4. The molecule has 3 aromatic carbocycles. The fraction of sp³-hybridized carbons (Fsp3) is 0.289. The lowest BCUT2D eigenvalue weighted by atomic mass is 9.90. The number of allylic oxidation sites excluding steroid dienone is 6. The Morgan fingerprint density at radius 3 is 2.58 bits per heavy atom. The number of halogens is 2. The molecule has 0 spiro atoms. The number of para-hydroxylation sites is 1. The van der Waals surface area contributed by atoms with Gasteiger partial charge in [0, 0.05) is 67.0 Å². The van der Waals surface area contributed by atoms with Crippen LogP contribution in [0, 0.1) is 12.3 Å². The average molecular weight is 805 g/mol. The summed E-state index contributed by atoms with van der Waals surface area (Å²) in [5.41, 5.74) is 7.11. The van der Waals surface area contributed by atoms with Crippen LogP contribution in [0.4, 0.5) is 4.39 Å². The number of nitrogens with one attached hydrogen (secondary N) is 1. The minimum absolute atomic E-state index is 0.252. The molecular weight excluding hydrogens is 759 g/mol. The van der Waals surface area contributed by atoms with E-state index in [2.05, 4.69) is 32.9 Å². The summed E-state index contributed by atoms with van der Waals surface area (Å²) >= 11 is 8.57. The smallest absolute Gasteiger partial charge is 0.159 e. The predicted octanol–water partition coefficient (Wildman–Crippen LogP) is 9.18. The normalized spacial score (nSPS) is 19.0. The molecule has 12 heteroatoms. The molecule has 0 radical (unpaired) electrons. The lowest BCUT2D eigenvalue weighted by molar-refractivity contribution is 0.134. The number of piperazine rings is 1.